The molecule has 0 aliphatic carbocycles. The molecule has 0 unspecified atom stereocenters. The molecule has 0 radical (unpaired) electrons. The summed E-state index contributed by atoms with van der Waals surface area (Å²) in [5, 5.41) is 0. The molecule has 0 saturated heterocycles. The Morgan fingerprint density at radius 3 is 2.15 bits per heavy atom. The van der Waals surface area contributed by atoms with E-state index in [1.807, 2.05) is 0 Å². The molecule has 1 aromatic rings. The van der Waals surface area contributed by atoms with Gasteiger partial charge in [-0.1, -0.05) is 19.9 Å². The number of ether oxygens (including phenoxy) is 1. The van der Waals surface area contributed by atoms with Gasteiger partial charge in [0.2, 0.25) is 0 Å². The third kappa shape index (κ3) is 2.03. The van der Waals surface area contributed by atoms with E-state index in [0.29, 0.717) is 0 Å². The van der Waals surface area contributed by atoms with Crippen LogP contribution < -0.4 is 4.74 Å². The minimum Gasteiger partial charge on any atom is -0.496 e. The van der Waals surface area contributed by atoms with Gasteiger partial charge in [0, 0.05) is 0 Å². The first-order valence-electron chi connectivity index (χ1n) is 4.89. The van der Waals surface area contributed by atoms with Crippen LogP contribution in [-0.4, -0.2) is 7.11 Å². The van der Waals surface area contributed by atoms with Gasteiger partial charge in [-0.05, 0) is 42.5 Å². The molecular weight excluding hydrogens is 160 g/mol. The van der Waals surface area contributed by atoms with Crippen LogP contribution >= 0.6 is 0 Å². The van der Waals surface area contributed by atoms with Gasteiger partial charge in [-0.2, -0.15) is 0 Å². The summed E-state index contributed by atoms with van der Waals surface area (Å²) in [6, 6.07) is 4.39. The molecule has 1 aromatic carbocycles. The predicted octanol–water partition coefficient (Wildman–Crippen LogP) is 3.13. The van der Waals surface area contributed by atoms with Crippen molar-refractivity contribution in [3.05, 3.63) is 28.8 Å². The van der Waals surface area contributed by atoms with Crippen molar-refractivity contribution in [1.82, 2.24) is 0 Å². The number of hydrogen-bond acceptors (Lipinski definition) is 1. The molecule has 0 aromatic heterocycles. The monoisotopic (exact) mass is 178 g/mol. The number of aryl methyl sites for hydroxylation is 3. The number of hydrogen-bond donors (Lipinski definition) is 0. The molecule has 1 rings (SSSR count). The van der Waals surface area contributed by atoms with Gasteiger partial charge in [0.15, 0.2) is 0 Å². The molecule has 72 valence electrons. The van der Waals surface area contributed by atoms with E-state index in [0.717, 1.165) is 18.6 Å². The normalized spacial score (nSPS) is 10.2. The zero-order chi connectivity index (χ0) is 9.84. The lowest BCUT2D eigenvalue weighted by molar-refractivity contribution is 0.409. The molecule has 13 heavy (non-hydrogen) atoms. The maximum absolute atomic E-state index is 5.32. The lowest BCUT2D eigenvalue weighted by Crippen LogP contribution is -1.95. The quantitative estimate of drug-likeness (QED) is 0.691. The summed E-state index contributed by atoms with van der Waals surface area (Å²) in [5.74, 6) is 1.03. The Morgan fingerprint density at radius 2 is 1.69 bits per heavy atom. The summed E-state index contributed by atoms with van der Waals surface area (Å²) < 4.78 is 5.32. The second-order valence-corrected chi connectivity index (χ2v) is 3.30. The minimum absolute atomic E-state index is 1.03. The van der Waals surface area contributed by atoms with E-state index >= 15 is 0 Å². The molecule has 0 aliphatic heterocycles. The Hall–Kier alpha value is -0.980. The van der Waals surface area contributed by atoms with Crippen LogP contribution in [0, 0.1) is 6.92 Å². The van der Waals surface area contributed by atoms with E-state index in [4.69, 9.17) is 4.74 Å². The van der Waals surface area contributed by atoms with Crippen molar-refractivity contribution in [2.75, 3.05) is 7.11 Å². The fourth-order valence-electron chi connectivity index (χ4n) is 1.62. The molecule has 0 amide bonds. The summed E-state index contributed by atoms with van der Waals surface area (Å²) in [6.45, 7) is 6.49. The molecule has 0 fully saturated rings. The predicted molar refractivity (Wildman–Crippen MR) is 56.5 cm³/mol. The van der Waals surface area contributed by atoms with E-state index in [9.17, 15) is 0 Å². The van der Waals surface area contributed by atoms with Gasteiger partial charge >= 0.3 is 0 Å². The SMILES string of the molecule is CCc1cc(CC)c(OC)cc1C. The van der Waals surface area contributed by atoms with Crippen LogP contribution in [0.25, 0.3) is 0 Å². The molecule has 0 saturated carbocycles. The van der Waals surface area contributed by atoms with Crippen molar-refractivity contribution in [3.63, 3.8) is 0 Å². The van der Waals surface area contributed by atoms with Crippen molar-refractivity contribution >= 4 is 0 Å². The molecule has 0 bridgehead atoms. The maximum atomic E-state index is 5.32. The molecule has 0 atom stereocenters. The van der Waals surface area contributed by atoms with Crippen molar-refractivity contribution < 1.29 is 4.74 Å². The zero-order valence-electron chi connectivity index (χ0n) is 8.98. The lowest BCUT2D eigenvalue weighted by Gasteiger charge is -2.11. The Balaban J connectivity index is 3.18. The van der Waals surface area contributed by atoms with E-state index in [1.165, 1.54) is 16.7 Å². The van der Waals surface area contributed by atoms with Crippen LogP contribution in [0.2, 0.25) is 0 Å². The highest BCUT2D eigenvalue weighted by atomic mass is 16.5. The van der Waals surface area contributed by atoms with Gasteiger partial charge in [-0.25, -0.2) is 0 Å². The van der Waals surface area contributed by atoms with E-state index in [1.54, 1.807) is 7.11 Å². The average Bonchev–Trinajstić information content (AvgIpc) is 2.17. The molecule has 0 heterocycles. The Labute approximate surface area is 80.7 Å². The van der Waals surface area contributed by atoms with Crippen LogP contribution in [0.3, 0.4) is 0 Å². The van der Waals surface area contributed by atoms with E-state index in [2.05, 4.69) is 32.9 Å². The van der Waals surface area contributed by atoms with Gasteiger partial charge in [-0.3, -0.25) is 0 Å². The van der Waals surface area contributed by atoms with Gasteiger partial charge in [-0.15, -0.1) is 0 Å². The van der Waals surface area contributed by atoms with Crippen LogP contribution in [0.5, 0.6) is 5.75 Å². The highest BCUT2D eigenvalue weighted by Crippen LogP contribution is 2.23. The standard InChI is InChI=1S/C12H18O/c1-5-10-8-11(6-2)12(13-4)7-9(10)3/h7-8H,5-6H2,1-4H3. The molecule has 0 N–H and O–H groups in total. The summed E-state index contributed by atoms with van der Waals surface area (Å²) in [6.07, 6.45) is 2.14. The lowest BCUT2D eigenvalue weighted by atomic mass is 10.0. The number of methoxy groups -OCH3 is 1. The van der Waals surface area contributed by atoms with Crippen molar-refractivity contribution in [2.45, 2.75) is 33.6 Å². The number of benzene rings is 1. The Bertz CT molecular complexity index is 289. The topological polar surface area (TPSA) is 9.23 Å². The molecular formula is C12H18O. The first kappa shape index (κ1) is 10.1. The summed E-state index contributed by atoms with van der Waals surface area (Å²) in [4.78, 5) is 0. The van der Waals surface area contributed by atoms with Gasteiger partial charge in [0.1, 0.15) is 5.75 Å². The fraction of sp³-hybridized carbons (Fsp3) is 0.500. The molecule has 1 heteroatoms. The summed E-state index contributed by atoms with van der Waals surface area (Å²) in [7, 11) is 1.74. The van der Waals surface area contributed by atoms with Gasteiger partial charge in [0.25, 0.3) is 0 Å². The first-order chi connectivity index (χ1) is 6.22. The van der Waals surface area contributed by atoms with Gasteiger partial charge < -0.3 is 4.74 Å². The maximum Gasteiger partial charge on any atom is 0.122 e. The van der Waals surface area contributed by atoms with Crippen molar-refractivity contribution in [1.29, 1.82) is 0 Å². The number of rotatable bonds is 3. The highest BCUT2D eigenvalue weighted by molar-refractivity contribution is 5.42. The van der Waals surface area contributed by atoms with Crippen LogP contribution in [0.1, 0.15) is 30.5 Å². The second kappa shape index (κ2) is 4.31. The van der Waals surface area contributed by atoms with Crippen LogP contribution in [-0.2, 0) is 12.8 Å². The third-order valence-corrected chi connectivity index (χ3v) is 2.50. The van der Waals surface area contributed by atoms with Crippen LogP contribution in [0.15, 0.2) is 12.1 Å². The Morgan fingerprint density at radius 1 is 1.08 bits per heavy atom. The average molecular weight is 178 g/mol. The molecule has 1 nitrogen and oxygen atoms in total. The van der Waals surface area contributed by atoms with Crippen LogP contribution in [0.4, 0.5) is 0 Å². The largest absolute Gasteiger partial charge is 0.496 e. The highest BCUT2D eigenvalue weighted by Gasteiger charge is 2.04. The van der Waals surface area contributed by atoms with Crippen molar-refractivity contribution in [2.24, 2.45) is 0 Å². The van der Waals surface area contributed by atoms with E-state index < -0.39 is 0 Å². The first-order valence-corrected chi connectivity index (χ1v) is 4.89. The van der Waals surface area contributed by atoms with E-state index in [-0.39, 0.29) is 0 Å². The fourth-order valence-corrected chi connectivity index (χ4v) is 1.62. The third-order valence-electron chi connectivity index (χ3n) is 2.50. The minimum atomic E-state index is 1.03. The summed E-state index contributed by atoms with van der Waals surface area (Å²) in [5.41, 5.74) is 4.07. The molecule has 0 aliphatic rings. The molecule has 0 spiro atoms. The smallest absolute Gasteiger partial charge is 0.122 e. The Kier molecular flexibility index (Phi) is 3.35. The second-order valence-electron chi connectivity index (χ2n) is 3.30. The van der Waals surface area contributed by atoms with Gasteiger partial charge in [0.05, 0.1) is 7.11 Å². The summed E-state index contributed by atoms with van der Waals surface area (Å²) >= 11 is 0. The zero-order valence-corrected chi connectivity index (χ0v) is 8.98. The van der Waals surface area contributed by atoms with Crippen molar-refractivity contribution in [3.8, 4) is 5.75 Å².